The van der Waals surface area contributed by atoms with Crippen molar-refractivity contribution in [3.05, 3.63) is 0 Å². The maximum atomic E-state index is 13.7. The first-order chi connectivity index (χ1) is 68.9. The van der Waals surface area contributed by atoms with Gasteiger partial charge in [-0.3, -0.25) is 28.8 Å². The first-order valence-corrected chi connectivity index (χ1v) is 46.3. The van der Waals surface area contributed by atoms with Gasteiger partial charge in [0.1, 0.15) is 262 Å². The van der Waals surface area contributed by atoms with Crippen LogP contribution in [0, 0.1) is 0 Å². The average Bonchev–Trinajstić information content (AvgIpc) is 0.745. The summed E-state index contributed by atoms with van der Waals surface area (Å²) in [4.78, 5) is 91.5. The quantitative estimate of drug-likeness (QED) is 0.0271. The summed E-state index contributed by atoms with van der Waals surface area (Å²) in [6, 6.07) is -12.1. The average molecular weight is 2140 g/mol. The van der Waals surface area contributed by atoms with Crippen LogP contribution in [0.2, 0.25) is 0 Å². The molecule has 11 fully saturated rings. The third-order valence-corrected chi connectivity index (χ3v) is 26.4. The molecule has 0 spiro atoms. The molecule has 0 unspecified atom stereocenters. The van der Waals surface area contributed by atoms with Crippen molar-refractivity contribution in [1.82, 2.24) is 31.9 Å². The first-order valence-electron chi connectivity index (χ1n) is 46.3. The molecule has 0 aromatic heterocycles. The SMILES string of the molecule is CC(=O)N[C@@H]1[C@@H](O)[C@H](O[C@@H]2O[C@H](CO)[C@@H](O[C@@H]3O[C@H](CO[C@H]4O[C@H](CO)[C@@H](O)[C@H](O)[C@@H]4O[C@@H]4O[C@H](CO)[C@@H](O[C@@H]5O[C@H](CO)[C@H](O)[C@H](O[C@]6(C(=O)O)C[C@H](O)[C@@H](NC(C)=O)[C@H]([C@H](O)[C@H](O)CO)O6)[C@H]5O)[C@H](O)[C@H]4NC(C)=O)[C@@H](O[C@@H]4O[C@H](CO)[C@@H](O[C@@H]5O[C@H](CO)[C@H](O)[C@H](O)[C@H]5O)[C@H](O)[C@H]4NC(C)=O)[C@H](O[C@H]4O[C@H](CO)[C@@H](O)[C@H](O)[C@@H]4O[C@@H]4O[C@H](CO)[C@@H](O)[C@H](O)[C@H]4NC(C)=O)[C@@H]3O)[C@H](O)[C@H]2NC(C)=O)[C@@H](CO)O[C@H]1O. The van der Waals surface area contributed by atoms with Gasteiger partial charge in [0.25, 0.3) is 5.79 Å². The van der Waals surface area contributed by atoms with Crippen LogP contribution in [0.3, 0.4) is 0 Å². The van der Waals surface area contributed by atoms with Gasteiger partial charge in [0.05, 0.1) is 84.8 Å². The predicted octanol–water partition coefficient (Wildman–Crippen LogP) is -24.9. The van der Waals surface area contributed by atoms with Gasteiger partial charge in [-0.2, -0.15) is 0 Å². The highest BCUT2D eigenvalue weighted by Gasteiger charge is 2.66. The van der Waals surface area contributed by atoms with E-state index in [1.54, 1.807) is 0 Å². The molecular weight excluding hydrogens is 2000 g/mol. The van der Waals surface area contributed by atoms with Crippen molar-refractivity contribution in [2.24, 2.45) is 0 Å². The lowest BCUT2D eigenvalue weighted by Gasteiger charge is -2.52. The summed E-state index contributed by atoms with van der Waals surface area (Å²) in [5.74, 6) is -11.6. The molecule has 0 aromatic carbocycles. The number of aliphatic carboxylic acids is 1. The molecule has 146 heavy (non-hydrogen) atoms. The summed E-state index contributed by atoms with van der Waals surface area (Å²) in [6.07, 6.45) is -114. The minimum absolute atomic E-state index is 0.830. The van der Waals surface area contributed by atoms with E-state index in [1.807, 2.05) is 0 Å². The number of hydrogen-bond donors (Lipinski definition) is 37. The topological polar surface area (TPSA) is 1010 Å². The summed E-state index contributed by atoms with van der Waals surface area (Å²) in [5.41, 5.74) is 0. The number of amides is 6. The largest absolute Gasteiger partial charge is 0.477 e. The predicted molar refractivity (Wildman–Crippen MR) is 449 cm³/mol. The highest BCUT2D eigenvalue weighted by atomic mass is 16.8. The minimum atomic E-state index is -3.37. The Kier molecular flexibility index (Phi) is 43.3. The molecule has 11 saturated heterocycles. The van der Waals surface area contributed by atoms with Crippen LogP contribution in [0.25, 0.3) is 0 Å². The van der Waals surface area contributed by atoms with Gasteiger partial charge in [0.2, 0.25) is 35.4 Å². The maximum absolute atomic E-state index is 13.7. The Morgan fingerprint density at radius 2 is 0.568 bits per heavy atom. The number of aliphatic hydroxyl groups is 30. The van der Waals surface area contributed by atoms with Gasteiger partial charge in [-0.25, -0.2) is 4.79 Å². The van der Waals surface area contributed by atoms with E-state index in [-0.39, 0.29) is 0 Å². The van der Waals surface area contributed by atoms with Crippen LogP contribution >= 0.6 is 0 Å². The highest BCUT2D eigenvalue weighted by Crippen LogP contribution is 2.44. The zero-order valence-electron chi connectivity index (χ0n) is 78.5. The van der Waals surface area contributed by atoms with Crippen molar-refractivity contribution in [3.63, 3.8) is 0 Å². The molecular formula is C81H134N6O59. The molecule has 37 N–H and O–H groups in total. The van der Waals surface area contributed by atoms with E-state index in [9.17, 15) is 192 Å². The molecule has 842 valence electrons. The highest BCUT2D eigenvalue weighted by molar-refractivity contribution is 5.77. The number of aliphatic hydroxyl groups excluding tert-OH is 30. The second-order valence-corrected chi connectivity index (χ2v) is 36.7. The van der Waals surface area contributed by atoms with Gasteiger partial charge in [0, 0.05) is 48.0 Å². The lowest BCUT2D eigenvalue weighted by atomic mass is 9.88. The zero-order chi connectivity index (χ0) is 108. The number of carboxylic acid groups (broad SMARTS) is 1. The van der Waals surface area contributed by atoms with E-state index in [0.717, 1.165) is 41.5 Å². The fourth-order valence-electron chi connectivity index (χ4n) is 18.9. The molecule has 56 atom stereocenters. The number of rotatable bonds is 40. The van der Waals surface area contributed by atoms with Gasteiger partial charge in [-0.15, -0.1) is 0 Å². The van der Waals surface area contributed by atoms with Crippen LogP contribution in [0.1, 0.15) is 48.0 Å². The summed E-state index contributed by atoms with van der Waals surface area (Å²) < 4.78 is 128. The lowest BCUT2D eigenvalue weighted by Crippen LogP contribution is -2.72. The van der Waals surface area contributed by atoms with E-state index in [0.29, 0.717) is 0 Å². The number of carbonyl (C=O) groups is 7. The fourth-order valence-corrected chi connectivity index (χ4v) is 18.9. The molecule has 0 aromatic rings. The Hall–Kier alpha value is -5.75. The van der Waals surface area contributed by atoms with E-state index in [1.165, 1.54) is 0 Å². The van der Waals surface area contributed by atoms with Crippen molar-refractivity contribution in [3.8, 4) is 0 Å². The molecule has 11 rings (SSSR count). The molecule has 11 heterocycles. The number of hydrogen-bond acceptors (Lipinski definition) is 58. The molecule has 65 heteroatoms. The normalized spacial score (nSPS) is 47.0. The third-order valence-electron chi connectivity index (χ3n) is 26.4. The second kappa shape index (κ2) is 52.5. The van der Waals surface area contributed by atoms with Gasteiger partial charge in [-0.1, -0.05) is 0 Å². The Bertz CT molecular complexity index is 4160. The third kappa shape index (κ3) is 26.7. The Morgan fingerprint density at radius 3 is 0.966 bits per heavy atom. The van der Waals surface area contributed by atoms with Crippen molar-refractivity contribution < 1.29 is 291 Å². The molecule has 11 aliphatic heterocycles. The van der Waals surface area contributed by atoms with Crippen molar-refractivity contribution >= 4 is 41.4 Å². The second-order valence-electron chi connectivity index (χ2n) is 36.7. The first kappa shape index (κ1) is 120. The molecule has 0 saturated carbocycles. The van der Waals surface area contributed by atoms with Crippen LogP contribution in [0.5, 0.6) is 0 Å². The van der Waals surface area contributed by atoms with Crippen LogP contribution in [-0.4, -0.2) is 615 Å². The Morgan fingerprint density at radius 1 is 0.281 bits per heavy atom. The van der Waals surface area contributed by atoms with Gasteiger partial charge >= 0.3 is 5.97 Å². The van der Waals surface area contributed by atoms with Gasteiger partial charge in [-0.05, 0) is 0 Å². The van der Waals surface area contributed by atoms with Crippen molar-refractivity contribution in [1.29, 1.82) is 0 Å². The standard InChI is InChI=1S/C81H134N6O59/c1-19(98)82-37-25(104)7-81(80(124)125,145-65(37)43(106)26(105)8-88)146-66-48(111)31(13-93)130-76(58(66)121)139-62-35(17-97)135-74(42(53(62)116)87-24(6)103)143-68-55(118)46(109)29(11-91)131-78(68)126-18-36-64(141-73-41(86-23(5)102)52(115)61(33(15-95)134-73)138-75-57(120)54(117)45(108)28(10-90)129-75)67(142-79-69(56(119)47(110)30(12-92)132-79)144-71-39(84-21(3)100)49(112)44(107)27(9-89)128-71)59(122)77(136-36)140-63-34(16-96)133-72(40(51(63)114)85-22(4)101)137-60-32(14-94)127-70(123)38(50(60)113)83-20(2)99/h25-79,88-97,104-123H,7-18H2,1-6H3,(H,82,98)(H,83,99)(H,84,100)(H,85,101)(H,86,102)(H,87,103)(H,124,125)/t25-,26+,27+,28+,29+,30+,31+,32+,33+,34+,35+,36+,37+,38+,39+,40+,41+,42+,43+,44+,45-,46+,47+,48-,49+,50+,51+,52+,53+,54-,55-,56-,57+,58+,59-,60+,61+,62+,63+,64+,65+,66-,67+,68-,69-,70+,71-,72-,73-,74-,75-,76-,77-,78-,79+,81-/m0/s1. The lowest BCUT2D eigenvalue weighted by molar-refractivity contribution is -0.409. The van der Waals surface area contributed by atoms with Gasteiger partial charge in [0.15, 0.2) is 62.9 Å². The van der Waals surface area contributed by atoms with Crippen LogP contribution < -0.4 is 31.9 Å². The van der Waals surface area contributed by atoms with Crippen LogP contribution in [0.15, 0.2) is 0 Å². The number of carbonyl (C=O) groups excluding carboxylic acids is 6. The summed E-state index contributed by atoms with van der Waals surface area (Å²) in [6.45, 7) is -8.63. The van der Waals surface area contributed by atoms with Crippen LogP contribution in [0.4, 0.5) is 0 Å². The molecule has 11 aliphatic rings. The van der Waals surface area contributed by atoms with Crippen molar-refractivity contribution in [2.75, 3.05) is 72.7 Å². The van der Waals surface area contributed by atoms with E-state index in [2.05, 4.69) is 31.9 Å². The monoisotopic (exact) mass is 2130 g/mol. The van der Waals surface area contributed by atoms with Gasteiger partial charge < -0.3 is 290 Å². The summed E-state index contributed by atoms with van der Waals surface area (Å²) in [7, 11) is 0. The molecule has 65 nitrogen and oxygen atoms in total. The molecule has 0 bridgehead atoms. The zero-order valence-corrected chi connectivity index (χ0v) is 78.5. The number of nitrogens with one attached hydrogen (secondary N) is 6. The molecule has 0 aliphatic carbocycles. The van der Waals surface area contributed by atoms with E-state index >= 15 is 0 Å². The van der Waals surface area contributed by atoms with E-state index in [4.69, 9.17) is 99.5 Å². The Balaban J connectivity index is 1.01. The number of ether oxygens (including phenoxy) is 21. The molecule has 0 radical (unpaired) electrons. The maximum Gasteiger partial charge on any atom is 0.364 e. The summed E-state index contributed by atoms with van der Waals surface area (Å²) >= 11 is 0. The molecule has 6 amide bonds. The smallest absolute Gasteiger partial charge is 0.364 e. The Labute approximate surface area is 825 Å². The fraction of sp³-hybridized carbons (Fsp3) is 0.914. The van der Waals surface area contributed by atoms with Crippen molar-refractivity contribution in [2.45, 2.75) is 391 Å². The number of carboxylic acids is 1. The minimum Gasteiger partial charge on any atom is -0.477 e. The van der Waals surface area contributed by atoms with Crippen LogP contribution in [-0.2, 0) is 133 Å². The summed E-state index contributed by atoms with van der Waals surface area (Å²) in [5, 5.41) is 366. The van der Waals surface area contributed by atoms with E-state index < -0.39 is 464 Å².